The largest absolute Gasteiger partial charge is 1.00 e. The van der Waals surface area contributed by atoms with E-state index in [4.69, 9.17) is 22.1 Å². The molecule has 0 radical (unpaired) electrons. The Morgan fingerprint density at radius 2 is 1.12 bits per heavy atom. The number of thiocyanates is 2. The number of ketones is 2. The average Bonchev–Trinajstić information content (AvgIpc) is 3.49. The molecule has 0 bridgehead atoms. The first-order valence-electron chi connectivity index (χ1n) is 12.6. The summed E-state index contributed by atoms with van der Waals surface area (Å²) < 4.78 is 110. The number of rotatable bonds is 6. The Hall–Kier alpha value is -2.39. The maximum Gasteiger partial charge on any atom is 1.00 e. The summed E-state index contributed by atoms with van der Waals surface area (Å²) in [6.07, 6.45) is -13.1. The SMILES string of the molecule is Cl.FC(F)(F)c1ccc(-c2csc(Cl)n2)cc1.N#CSCC(=O)c1ccc(C(F)(F)F)cc1.N#C[S-].O=C(CBr)c1ccc(C(F)(F)F)cc1.[Na+]. The zero-order valence-electron chi connectivity index (χ0n) is 25.4. The van der Waals surface area contributed by atoms with Crippen molar-refractivity contribution in [1.29, 1.82) is 10.5 Å². The number of thioether (sulfide) groups is 1. The number of thiazole rings is 1. The van der Waals surface area contributed by atoms with Gasteiger partial charge in [0.25, 0.3) is 0 Å². The molecule has 0 amide bonds. The van der Waals surface area contributed by atoms with E-state index in [1.165, 1.54) is 41.0 Å². The molecule has 4 rings (SSSR count). The van der Waals surface area contributed by atoms with E-state index in [0.29, 0.717) is 15.7 Å². The molecule has 3 aromatic carbocycles. The minimum Gasteiger partial charge on any atom is -0.696 e. The predicted octanol–water partition coefficient (Wildman–Crippen LogP) is 8.31. The summed E-state index contributed by atoms with van der Waals surface area (Å²) >= 11 is 14.3. The Bertz CT molecular complexity index is 1750. The molecule has 5 nitrogen and oxygen atoms in total. The van der Waals surface area contributed by atoms with E-state index in [1.54, 1.807) is 10.8 Å². The van der Waals surface area contributed by atoms with Gasteiger partial charge in [-0.15, -0.1) is 23.7 Å². The van der Waals surface area contributed by atoms with Crippen molar-refractivity contribution in [3.8, 4) is 22.1 Å². The third-order valence-electron chi connectivity index (χ3n) is 5.44. The Morgan fingerprint density at radius 3 is 1.41 bits per heavy atom. The van der Waals surface area contributed by atoms with Crippen molar-refractivity contribution in [3.63, 3.8) is 0 Å². The Labute approximate surface area is 340 Å². The predicted molar refractivity (Wildman–Crippen MR) is 181 cm³/mol. The number of nitrogens with zero attached hydrogens (tertiary/aromatic N) is 3. The number of nitriles is 2. The molecule has 0 N–H and O–H groups in total. The summed E-state index contributed by atoms with van der Waals surface area (Å²) in [6, 6.07) is 12.9. The minimum atomic E-state index is -4.40. The van der Waals surface area contributed by atoms with Crippen molar-refractivity contribution in [3.05, 3.63) is 110 Å². The molecule has 0 fully saturated rings. The van der Waals surface area contributed by atoms with Crippen molar-refractivity contribution in [2.45, 2.75) is 18.5 Å². The normalized spacial score (nSPS) is 10.4. The fourth-order valence-corrected chi connectivity index (χ4v) is 4.62. The average molecular weight is 893 g/mol. The van der Waals surface area contributed by atoms with Gasteiger partial charge in [0.2, 0.25) is 0 Å². The summed E-state index contributed by atoms with van der Waals surface area (Å²) in [6.45, 7) is 0. The number of Topliss-reactive ketones (excluding diaryl/α,β-unsaturated/α-hetero) is 2. The van der Waals surface area contributed by atoms with Crippen LogP contribution in [0.25, 0.3) is 11.3 Å². The van der Waals surface area contributed by atoms with Crippen molar-refractivity contribution in [2.75, 3.05) is 11.1 Å². The zero-order valence-corrected chi connectivity index (χ0v) is 33.0. The molecule has 0 saturated carbocycles. The quantitative estimate of drug-likeness (QED) is 0.0481. The first-order valence-corrected chi connectivity index (χ1v) is 16.3. The van der Waals surface area contributed by atoms with Gasteiger partial charge in [-0.1, -0.05) is 69.3 Å². The molecular formula is C30H18BrCl2F9N3NaO2S3. The molecule has 4 aromatic rings. The van der Waals surface area contributed by atoms with Crippen molar-refractivity contribution < 1.29 is 78.7 Å². The Kier molecular flexibility index (Phi) is 23.9. The van der Waals surface area contributed by atoms with Crippen LogP contribution < -0.4 is 29.6 Å². The second-order valence-electron chi connectivity index (χ2n) is 8.66. The molecule has 0 unspecified atom stereocenters. The number of carbonyl (C=O) groups is 2. The van der Waals surface area contributed by atoms with Crippen LogP contribution in [0.2, 0.25) is 4.47 Å². The fraction of sp³-hybridized carbons (Fsp3) is 0.167. The van der Waals surface area contributed by atoms with Gasteiger partial charge in [0.05, 0.1) is 33.5 Å². The molecule has 0 aliphatic heterocycles. The summed E-state index contributed by atoms with van der Waals surface area (Å²) in [7, 11) is 0. The van der Waals surface area contributed by atoms with Crippen LogP contribution in [0.1, 0.15) is 37.4 Å². The second kappa shape index (κ2) is 24.0. The van der Waals surface area contributed by atoms with Crippen molar-refractivity contribution in [2.24, 2.45) is 0 Å². The van der Waals surface area contributed by atoms with E-state index < -0.39 is 35.2 Å². The number of aromatic nitrogens is 1. The zero-order chi connectivity index (χ0) is 37.4. The van der Waals surface area contributed by atoms with E-state index in [1.807, 2.05) is 0 Å². The van der Waals surface area contributed by atoms with Gasteiger partial charge in [-0.2, -0.15) is 44.8 Å². The van der Waals surface area contributed by atoms with Crippen LogP contribution in [0, 0.1) is 21.3 Å². The van der Waals surface area contributed by atoms with E-state index in [0.717, 1.165) is 60.3 Å². The fourth-order valence-electron chi connectivity index (χ4n) is 3.16. The summed E-state index contributed by atoms with van der Waals surface area (Å²) in [5.74, 6) is -0.652. The van der Waals surface area contributed by atoms with Crippen LogP contribution in [0.3, 0.4) is 0 Å². The van der Waals surface area contributed by atoms with Crippen LogP contribution in [0.15, 0.2) is 78.2 Å². The van der Waals surface area contributed by atoms with Crippen LogP contribution in [0.4, 0.5) is 39.5 Å². The van der Waals surface area contributed by atoms with E-state index in [-0.39, 0.29) is 75.7 Å². The standard InChI is InChI=1S/C10H5ClF3NS.C10H6F3NOS.C9H6BrF3O.CHNS.ClH.Na/c11-9-15-8(5-16-9)6-1-3-7(4-2-6)10(12,13)14;11-10(12,13)8-3-1-7(2-4-8)9(15)5-16-6-14;10-5-8(14)6-1-3-7(4-2-6)9(11,12)13;2-1-3;;/h1-5H;1-4H,5H2;1-4H,5H2;3H;1H;/q;;;;;+1/p-1. The number of benzene rings is 3. The van der Waals surface area contributed by atoms with Gasteiger partial charge < -0.3 is 12.6 Å². The molecular weight excluding hydrogens is 875 g/mol. The Balaban J connectivity index is 0. The first kappa shape index (κ1) is 50.7. The van der Waals surface area contributed by atoms with Gasteiger partial charge >= 0.3 is 48.1 Å². The van der Waals surface area contributed by atoms with Gasteiger partial charge in [0.15, 0.2) is 16.0 Å². The number of hydrogen-bond donors (Lipinski definition) is 0. The summed E-state index contributed by atoms with van der Waals surface area (Å²) in [5, 5.41) is 20.2. The maximum absolute atomic E-state index is 12.3. The third-order valence-corrected chi connectivity index (χ3v) is 7.47. The van der Waals surface area contributed by atoms with Crippen LogP contribution >= 0.6 is 63.0 Å². The van der Waals surface area contributed by atoms with Crippen molar-refractivity contribution >= 4 is 87.2 Å². The number of hydrogen-bond acceptors (Lipinski definition) is 8. The molecule has 0 saturated heterocycles. The molecule has 51 heavy (non-hydrogen) atoms. The van der Waals surface area contributed by atoms with Crippen LogP contribution in [0.5, 0.6) is 0 Å². The molecule has 0 aliphatic rings. The van der Waals surface area contributed by atoms with Gasteiger partial charge in [-0.25, -0.2) is 10.2 Å². The molecule has 1 aromatic heterocycles. The number of alkyl halides is 10. The number of halogens is 12. The van der Waals surface area contributed by atoms with Crippen molar-refractivity contribution in [1.82, 2.24) is 4.98 Å². The maximum atomic E-state index is 12.3. The summed E-state index contributed by atoms with van der Waals surface area (Å²) in [4.78, 5) is 26.3. The van der Waals surface area contributed by atoms with E-state index in [2.05, 4.69) is 33.5 Å². The molecule has 268 valence electrons. The molecule has 0 aliphatic carbocycles. The minimum absolute atomic E-state index is 0. The second-order valence-corrected chi connectivity index (χ2v) is 11.6. The topological polar surface area (TPSA) is 94.6 Å². The smallest absolute Gasteiger partial charge is 0.696 e. The molecule has 1 heterocycles. The molecule has 21 heteroatoms. The summed E-state index contributed by atoms with van der Waals surface area (Å²) in [5.41, 5.74) is -0.552. The van der Waals surface area contributed by atoms with Crippen LogP contribution in [-0.4, -0.2) is 27.6 Å². The van der Waals surface area contributed by atoms with Crippen LogP contribution in [-0.2, 0) is 31.2 Å². The Morgan fingerprint density at radius 1 is 0.765 bits per heavy atom. The monoisotopic (exact) mass is 891 g/mol. The van der Waals surface area contributed by atoms with E-state index in [9.17, 15) is 49.1 Å². The van der Waals surface area contributed by atoms with Gasteiger partial charge in [0.1, 0.15) is 5.40 Å². The molecule has 0 spiro atoms. The first-order chi connectivity index (χ1) is 22.8. The number of carbonyl (C=O) groups excluding carboxylic acids is 2. The van der Waals surface area contributed by atoms with Gasteiger partial charge in [-0.05, 0) is 48.2 Å². The van der Waals surface area contributed by atoms with E-state index >= 15 is 0 Å². The van der Waals surface area contributed by atoms with Gasteiger partial charge in [0, 0.05) is 22.1 Å². The van der Waals surface area contributed by atoms with Gasteiger partial charge in [-0.3, -0.25) is 9.59 Å². The third kappa shape index (κ3) is 18.8. The molecule has 0 atom stereocenters.